The van der Waals surface area contributed by atoms with Crippen LogP contribution in [0.25, 0.3) is 10.9 Å². The smallest absolute Gasteiger partial charge is 0.335 e. The number of carboxylic acid groups (broad SMARTS) is 1. The molecule has 5 nitrogen and oxygen atoms in total. The van der Waals surface area contributed by atoms with Gasteiger partial charge in [0.25, 0.3) is 0 Å². The number of fused-ring (bicyclic) bond motifs is 1. The SMILES string of the molecule is O=C(O)c1ccc(Nc2ccc3[nH]ncc3c2)cc1. The van der Waals surface area contributed by atoms with Gasteiger partial charge in [0, 0.05) is 16.8 Å². The van der Waals surface area contributed by atoms with Crippen LogP contribution in [0.3, 0.4) is 0 Å². The quantitative estimate of drug-likeness (QED) is 0.670. The van der Waals surface area contributed by atoms with E-state index >= 15 is 0 Å². The van der Waals surface area contributed by atoms with Gasteiger partial charge in [-0.3, -0.25) is 5.10 Å². The first kappa shape index (κ1) is 11.3. The number of anilines is 2. The molecule has 0 amide bonds. The van der Waals surface area contributed by atoms with Crippen molar-refractivity contribution in [2.45, 2.75) is 0 Å². The van der Waals surface area contributed by atoms with Gasteiger partial charge in [-0.15, -0.1) is 0 Å². The van der Waals surface area contributed by atoms with Crippen LogP contribution in [-0.2, 0) is 0 Å². The molecule has 3 rings (SSSR count). The van der Waals surface area contributed by atoms with Gasteiger partial charge >= 0.3 is 5.97 Å². The molecule has 1 heterocycles. The van der Waals surface area contributed by atoms with Crippen molar-refractivity contribution in [3.63, 3.8) is 0 Å². The zero-order valence-electron chi connectivity index (χ0n) is 9.92. The summed E-state index contributed by atoms with van der Waals surface area (Å²) < 4.78 is 0. The third kappa shape index (κ3) is 2.26. The number of benzene rings is 2. The summed E-state index contributed by atoms with van der Waals surface area (Å²) in [5, 5.41) is 19.9. The molecule has 3 N–H and O–H groups in total. The Balaban J connectivity index is 1.85. The Morgan fingerprint density at radius 2 is 1.84 bits per heavy atom. The van der Waals surface area contributed by atoms with Gasteiger partial charge in [0.2, 0.25) is 0 Å². The fourth-order valence-electron chi connectivity index (χ4n) is 1.88. The van der Waals surface area contributed by atoms with Gasteiger partial charge in [0.1, 0.15) is 0 Å². The minimum absolute atomic E-state index is 0.274. The van der Waals surface area contributed by atoms with Crippen molar-refractivity contribution in [1.82, 2.24) is 10.2 Å². The molecule has 0 unspecified atom stereocenters. The Morgan fingerprint density at radius 1 is 1.11 bits per heavy atom. The van der Waals surface area contributed by atoms with Crippen LogP contribution in [0, 0.1) is 0 Å². The third-order valence-corrected chi connectivity index (χ3v) is 2.86. The highest BCUT2D eigenvalue weighted by atomic mass is 16.4. The largest absolute Gasteiger partial charge is 0.478 e. The summed E-state index contributed by atoms with van der Waals surface area (Å²) >= 11 is 0. The predicted octanol–water partition coefficient (Wildman–Crippen LogP) is 3.00. The summed E-state index contributed by atoms with van der Waals surface area (Å²) in [5.74, 6) is -0.925. The Bertz CT molecular complexity index is 732. The molecule has 19 heavy (non-hydrogen) atoms. The molecule has 5 heteroatoms. The number of rotatable bonds is 3. The van der Waals surface area contributed by atoms with Crippen LogP contribution in [0.15, 0.2) is 48.7 Å². The number of nitrogens with zero attached hydrogens (tertiary/aromatic N) is 1. The number of hydrogen-bond acceptors (Lipinski definition) is 3. The van der Waals surface area contributed by atoms with Gasteiger partial charge in [-0.2, -0.15) is 5.10 Å². The van der Waals surface area contributed by atoms with E-state index in [1.807, 2.05) is 18.2 Å². The van der Waals surface area contributed by atoms with Crippen LogP contribution in [-0.4, -0.2) is 21.3 Å². The average Bonchev–Trinajstić information content (AvgIpc) is 2.87. The number of H-pyrrole nitrogens is 1. The van der Waals surface area contributed by atoms with Crippen molar-refractivity contribution in [3.8, 4) is 0 Å². The molecule has 0 fully saturated rings. The predicted molar refractivity (Wildman–Crippen MR) is 72.8 cm³/mol. The fraction of sp³-hybridized carbons (Fsp3) is 0. The number of carbonyl (C=O) groups is 1. The van der Waals surface area contributed by atoms with E-state index in [0.717, 1.165) is 22.3 Å². The van der Waals surface area contributed by atoms with E-state index in [1.165, 1.54) is 0 Å². The minimum Gasteiger partial charge on any atom is -0.478 e. The highest BCUT2D eigenvalue weighted by molar-refractivity contribution is 5.88. The molecule has 3 aromatic rings. The van der Waals surface area contributed by atoms with Crippen molar-refractivity contribution in [3.05, 3.63) is 54.2 Å². The second kappa shape index (κ2) is 4.45. The standard InChI is InChI=1S/C14H11N3O2/c18-14(19)9-1-3-11(4-2-9)16-12-5-6-13-10(7-12)8-15-17-13/h1-8,16H,(H,15,17)(H,18,19). The molecule has 0 aliphatic heterocycles. The number of carboxylic acids is 1. The van der Waals surface area contributed by atoms with Crippen molar-refractivity contribution < 1.29 is 9.90 Å². The molecular weight excluding hydrogens is 242 g/mol. The number of hydrogen-bond donors (Lipinski definition) is 3. The molecule has 0 aliphatic rings. The number of aromatic amines is 1. The maximum atomic E-state index is 10.8. The van der Waals surface area contributed by atoms with Gasteiger partial charge < -0.3 is 10.4 Å². The lowest BCUT2D eigenvalue weighted by Crippen LogP contribution is -1.96. The highest BCUT2D eigenvalue weighted by Crippen LogP contribution is 2.21. The Morgan fingerprint density at radius 3 is 2.58 bits per heavy atom. The van der Waals surface area contributed by atoms with Crippen LogP contribution < -0.4 is 5.32 Å². The van der Waals surface area contributed by atoms with Crippen molar-refractivity contribution >= 4 is 28.2 Å². The third-order valence-electron chi connectivity index (χ3n) is 2.86. The molecule has 2 aromatic carbocycles. The van der Waals surface area contributed by atoms with E-state index in [2.05, 4.69) is 15.5 Å². The van der Waals surface area contributed by atoms with Gasteiger partial charge in [-0.1, -0.05) is 0 Å². The first-order chi connectivity index (χ1) is 9.22. The lowest BCUT2D eigenvalue weighted by atomic mass is 10.2. The molecule has 0 saturated heterocycles. The van der Waals surface area contributed by atoms with Gasteiger partial charge in [-0.05, 0) is 42.5 Å². The normalized spacial score (nSPS) is 10.5. The summed E-state index contributed by atoms with van der Waals surface area (Å²) in [6, 6.07) is 12.5. The van der Waals surface area contributed by atoms with E-state index in [0.29, 0.717) is 0 Å². The van der Waals surface area contributed by atoms with Gasteiger partial charge in [-0.25, -0.2) is 4.79 Å². The van der Waals surface area contributed by atoms with E-state index in [-0.39, 0.29) is 5.56 Å². The molecule has 0 atom stereocenters. The maximum Gasteiger partial charge on any atom is 0.335 e. The average molecular weight is 253 g/mol. The molecule has 0 aliphatic carbocycles. The summed E-state index contributed by atoms with van der Waals surface area (Å²) in [6.07, 6.45) is 1.76. The Hall–Kier alpha value is -2.82. The summed E-state index contributed by atoms with van der Waals surface area (Å²) in [7, 11) is 0. The highest BCUT2D eigenvalue weighted by Gasteiger charge is 2.02. The zero-order valence-corrected chi connectivity index (χ0v) is 9.92. The topological polar surface area (TPSA) is 78.0 Å². The van der Waals surface area contributed by atoms with E-state index in [9.17, 15) is 4.79 Å². The fourth-order valence-corrected chi connectivity index (χ4v) is 1.88. The Labute approximate surface area is 108 Å². The molecule has 0 saturated carbocycles. The second-order valence-corrected chi connectivity index (χ2v) is 4.18. The molecule has 0 spiro atoms. The zero-order chi connectivity index (χ0) is 13.2. The summed E-state index contributed by atoms with van der Waals surface area (Å²) in [4.78, 5) is 10.8. The first-order valence-electron chi connectivity index (χ1n) is 5.76. The van der Waals surface area contributed by atoms with Crippen LogP contribution in [0.5, 0.6) is 0 Å². The molecule has 94 valence electrons. The molecule has 0 bridgehead atoms. The number of nitrogens with one attached hydrogen (secondary N) is 2. The van der Waals surface area contributed by atoms with E-state index in [1.54, 1.807) is 30.5 Å². The van der Waals surface area contributed by atoms with Crippen LogP contribution in [0.2, 0.25) is 0 Å². The lowest BCUT2D eigenvalue weighted by molar-refractivity contribution is 0.0697. The molecular formula is C14H11N3O2. The van der Waals surface area contributed by atoms with Gasteiger partial charge in [0.15, 0.2) is 0 Å². The Kier molecular flexibility index (Phi) is 2.64. The lowest BCUT2D eigenvalue weighted by Gasteiger charge is -2.06. The number of aromatic carboxylic acids is 1. The number of aromatic nitrogens is 2. The minimum atomic E-state index is -0.925. The van der Waals surface area contributed by atoms with Crippen LogP contribution in [0.1, 0.15) is 10.4 Å². The second-order valence-electron chi connectivity index (χ2n) is 4.18. The molecule has 1 aromatic heterocycles. The van der Waals surface area contributed by atoms with Crippen LogP contribution >= 0.6 is 0 Å². The van der Waals surface area contributed by atoms with Crippen molar-refractivity contribution in [1.29, 1.82) is 0 Å². The molecule has 0 radical (unpaired) electrons. The van der Waals surface area contributed by atoms with E-state index < -0.39 is 5.97 Å². The van der Waals surface area contributed by atoms with E-state index in [4.69, 9.17) is 5.11 Å². The summed E-state index contributed by atoms with van der Waals surface area (Å²) in [6.45, 7) is 0. The van der Waals surface area contributed by atoms with Gasteiger partial charge in [0.05, 0.1) is 17.3 Å². The van der Waals surface area contributed by atoms with Crippen LogP contribution in [0.4, 0.5) is 11.4 Å². The van der Waals surface area contributed by atoms with Crippen molar-refractivity contribution in [2.24, 2.45) is 0 Å². The summed E-state index contributed by atoms with van der Waals surface area (Å²) in [5.41, 5.74) is 3.02. The monoisotopic (exact) mass is 253 g/mol. The van der Waals surface area contributed by atoms with Crippen molar-refractivity contribution in [2.75, 3.05) is 5.32 Å². The maximum absolute atomic E-state index is 10.8. The first-order valence-corrected chi connectivity index (χ1v) is 5.76.